The first kappa shape index (κ1) is 7.38. The second-order valence-electron chi connectivity index (χ2n) is 3.14. The number of hydrogen-bond acceptors (Lipinski definition) is 1. The van der Waals surface area contributed by atoms with Crippen LogP contribution in [-0.2, 0) is 0 Å². The molecule has 0 unspecified atom stereocenters. The number of nitrogens with one attached hydrogen (secondary N) is 1. The van der Waals surface area contributed by atoms with Gasteiger partial charge in [-0.1, -0.05) is 30.3 Å². The molecule has 1 aromatic carbocycles. The molecule has 3 nitrogen and oxygen atoms in total. The van der Waals surface area contributed by atoms with Crippen molar-refractivity contribution >= 4 is 5.65 Å². The fourth-order valence-electron chi connectivity index (χ4n) is 1.52. The van der Waals surface area contributed by atoms with Gasteiger partial charge in [0.25, 0.3) is 0 Å². The molecule has 67 valence electrons. The molecule has 0 aliphatic heterocycles. The predicted octanol–water partition coefficient (Wildman–Crippen LogP) is 2.13. The molecule has 14 heavy (non-hydrogen) atoms. The van der Waals surface area contributed by atoms with Crippen molar-refractivity contribution in [1.29, 1.82) is 0 Å². The van der Waals surface area contributed by atoms with Gasteiger partial charge in [-0.05, 0) is 5.56 Å². The van der Waals surface area contributed by atoms with Crippen LogP contribution >= 0.6 is 0 Å². The quantitative estimate of drug-likeness (QED) is 0.614. The Morgan fingerprint density at radius 3 is 2.86 bits per heavy atom. The predicted molar refractivity (Wildman–Crippen MR) is 53.8 cm³/mol. The molecule has 0 aliphatic carbocycles. The van der Waals surface area contributed by atoms with E-state index in [9.17, 15) is 0 Å². The molecular formula is C11H8N3. The zero-order chi connectivity index (χ0) is 9.38. The van der Waals surface area contributed by atoms with Gasteiger partial charge < -0.3 is 4.98 Å². The van der Waals surface area contributed by atoms with Crippen molar-refractivity contribution in [2.24, 2.45) is 0 Å². The lowest BCUT2D eigenvalue weighted by molar-refractivity contribution is 0.969. The van der Waals surface area contributed by atoms with Crippen molar-refractivity contribution in [3.63, 3.8) is 0 Å². The molecule has 1 N–H and O–H groups in total. The standard InChI is InChI=1S/C11H8N3/c1-2-4-9(5-3-1)10-8-14-11(13-10)6-7-12-14/h1-6,8,13H. The van der Waals surface area contributed by atoms with E-state index in [0.717, 1.165) is 16.9 Å². The molecule has 3 heteroatoms. The van der Waals surface area contributed by atoms with Crippen molar-refractivity contribution in [1.82, 2.24) is 14.6 Å². The summed E-state index contributed by atoms with van der Waals surface area (Å²) in [5, 5.41) is 4.03. The zero-order valence-corrected chi connectivity index (χ0v) is 7.44. The Labute approximate surface area is 81.0 Å². The van der Waals surface area contributed by atoms with Crippen molar-refractivity contribution < 1.29 is 0 Å². The molecule has 0 saturated heterocycles. The third kappa shape index (κ3) is 1.03. The van der Waals surface area contributed by atoms with Gasteiger partial charge in [0.2, 0.25) is 0 Å². The minimum Gasteiger partial charge on any atom is -0.338 e. The van der Waals surface area contributed by atoms with E-state index in [0.29, 0.717) is 0 Å². The highest BCUT2D eigenvalue weighted by Crippen LogP contribution is 2.17. The van der Waals surface area contributed by atoms with Crippen LogP contribution < -0.4 is 0 Å². The van der Waals surface area contributed by atoms with Crippen LogP contribution in [0.2, 0.25) is 0 Å². The van der Waals surface area contributed by atoms with Gasteiger partial charge in [0.05, 0.1) is 11.9 Å². The van der Waals surface area contributed by atoms with Crippen LogP contribution in [0.15, 0.2) is 42.6 Å². The first-order valence-electron chi connectivity index (χ1n) is 4.43. The summed E-state index contributed by atoms with van der Waals surface area (Å²) in [5.74, 6) is 0. The normalized spacial score (nSPS) is 10.9. The zero-order valence-electron chi connectivity index (χ0n) is 7.44. The maximum absolute atomic E-state index is 4.03. The highest BCUT2D eigenvalue weighted by atomic mass is 15.2. The second kappa shape index (κ2) is 2.73. The molecule has 0 bridgehead atoms. The average molecular weight is 182 g/mol. The highest BCUT2D eigenvalue weighted by molar-refractivity contribution is 5.61. The Balaban J connectivity index is 2.19. The SMILES string of the molecule is [c]1cc2[nH]c(-c3ccccc3)cn2n1. The summed E-state index contributed by atoms with van der Waals surface area (Å²) in [6.45, 7) is 0. The third-order valence-corrected chi connectivity index (χ3v) is 2.21. The molecule has 0 atom stereocenters. The van der Waals surface area contributed by atoms with Crippen molar-refractivity contribution in [3.8, 4) is 11.3 Å². The number of aromatic amines is 1. The summed E-state index contributed by atoms with van der Waals surface area (Å²) >= 11 is 0. The molecule has 0 aliphatic rings. The smallest absolute Gasteiger partial charge is 0.134 e. The fourth-order valence-corrected chi connectivity index (χ4v) is 1.52. The van der Waals surface area contributed by atoms with Gasteiger partial charge in [0.1, 0.15) is 11.8 Å². The first-order valence-corrected chi connectivity index (χ1v) is 4.43. The van der Waals surface area contributed by atoms with Crippen LogP contribution in [0.3, 0.4) is 0 Å². The maximum Gasteiger partial charge on any atom is 0.134 e. The highest BCUT2D eigenvalue weighted by Gasteiger charge is 2.01. The lowest BCUT2D eigenvalue weighted by Gasteiger charge is -1.93. The van der Waals surface area contributed by atoms with Crippen LogP contribution in [0.4, 0.5) is 0 Å². The van der Waals surface area contributed by atoms with E-state index in [1.807, 2.05) is 30.5 Å². The molecule has 0 saturated carbocycles. The Morgan fingerprint density at radius 1 is 1.21 bits per heavy atom. The van der Waals surface area contributed by atoms with E-state index in [4.69, 9.17) is 0 Å². The van der Waals surface area contributed by atoms with E-state index < -0.39 is 0 Å². The van der Waals surface area contributed by atoms with Crippen molar-refractivity contribution in [3.05, 3.63) is 48.8 Å². The molecule has 0 amide bonds. The minimum absolute atomic E-state index is 0.962. The van der Waals surface area contributed by atoms with Crippen LogP contribution in [0.1, 0.15) is 0 Å². The topological polar surface area (TPSA) is 33.1 Å². The third-order valence-electron chi connectivity index (χ3n) is 2.21. The monoisotopic (exact) mass is 182 g/mol. The molecule has 2 aromatic heterocycles. The molecule has 0 fully saturated rings. The molecule has 2 heterocycles. The number of fused-ring (bicyclic) bond motifs is 1. The van der Waals surface area contributed by atoms with E-state index in [1.165, 1.54) is 0 Å². The largest absolute Gasteiger partial charge is 0.338 e. The number of hydrogen-bond donors (Lipinski definition) is 1. The Kier molecular flexibility index (Phi) is 1.44. The first-order chi connectivity index (χ1) is 6.93. The van der Waals surface area contributed by atoms with E-state index in [-0.39, 0.29) is 0 Å². The lowest BCUT2D eigenvalue weighted by atomic mass is 10.2. The van der Waals surface area contributed by atoms with Gasteiger partial charge in [-0.3, -0.25) is 0 Å². The summed E-state index contributed by atoms with van der Waals surface area (Å²) in [7, 11) is 0. The number of imidazole rings is 1. The molecule has 0 spiro atoms. The number of rotatable bonds is 1. The lowest BCUT2D eigenvalue weighted by Crippen LogP contribution is -1.77. The number of H-pyrrole nitrogens is 1. The van der Waals surface area contributed by atoms with Gasteiger partial charge in [0.15, 0.2) is 0 Å². The van der Waals surface area contributed by atoms with Crippen LogP contribution in [-0.4, -0.2) is 14.6 Å². The van der Waals surface area contributed by atoms with Crippen LogP contribution in [0, 0.1) is 6.20 Å². The van der Waals surface area contributed by atoms with Crippen molar-refractivity contribution in [2.45, 2.75) is 0 Å². The Bertz CT molecular complexity index is 519. The minimum atomic E-state index is 0.962. The summed E-state index contributed by atoms with van der Waals surface area (Å²) < 4.78 is 1.78. The van der Waals surface area contributed by atoms with Gasteiger partial charge in [-0.15, -0.1) is 0 Å². The average Bonchev–Trinajstić information content (AvgIpc) is 2.78. The van der Waals surface area contributed by atoms with Gasteiger partial charge in [0, 0.05) is 6.07 Å². The van der Waals surface area contributed by atoms with Gasteiger partial charge in [-0.2, -0.15) is 5.10 Å². The summed E-state index contributed by atoms with van der Waals surface area (Å²) in [4.78, 5) is 3.26. The van der Waals surface area contributed by atoms with E-state index in [1.54, 1.807) is 4.52 Å². The maximum atomic E-state index is 4.03. The molecular weight excluding hydrogens is 174 g/mol. The summed E-state index contributed by atoms with van der Waals surface area (Å²) in [5.41, 5.74) is 3.20. The second-order valence-corrected chi connectivity index (χ2v) is 3.14. The molecule has 1 radical (unpaired) electrons. The fraction of sp³-hybridized carbons (Fsp3) is 0. The van der Waals surface area contributed by atoms with Crippen LogP contribution in [0.5, 0.6) is 0 Å². The molecule has 3 rings (SSSR count). The van der Waals surface area contributed by atoms with E-state index >= 15 is 0 Å². The summed E-state index contributed by atoms with van der Waals surface area (Å²) in [6, 6.07) is 12.0. The molecule has 3 aromatic rings. The summed E-state index contributed by atoms with van der Waals surface area (Å²) in [6.07, 6.45) is 4.74. The van der Waals surface area contributed by atoms with Crippen LogP contribution in [0.25, 0.3) is 16.9 Å². The number of benzene rings is 1. The van der Waals surface area contributed by atoms with Gasteiger partial charge >= 0.3 is 0 Å². The number of aromatic nitrogens is 3. The van der Waals surface area contributed by atoms with Crippen molar-refractivity contribution in [2.75, 3.05) is 0 Å². The number of nitrogens with zero attached hydrogens (tertiary/aromatic N) is 2. The Hall–Kier alpha value is -2.03. The van der Waals surface area contributed by atoms with Gasteiger partial charge in [-0.25, -0.2) is 4.52 Å². The Morgan fingerprint density at radius 2 is 2.07 bits per heavy atom. The van der Waals surface area contributed by atoms with E-state index in [2.05, 4.69) is 28.4 Å².